The third-order valence-electron chi connectivity index (χ3n) is 9.13. The molecular weight excluding hydrogens is 644 g/mol. The number of nitrogens with one attached hydrogen (secondary N) is 1. The van der Waals surface area contributed by atoms with Crippen LogP contribution in [0, 0.1) is 5.82 Å². The first kappa shape index (κ1) is 31.5. The number of rotatable bonds is 9. The van der Waals surface area contributed by atoms with Crippen LogP contribution in [0.25, 0.3) is 22.2 Å². The van der Waals surface area contributed by atoms with Crippen molar-refractivity contribution in [1.29, 1.82) is 0 Å². The lowest BCUT2D eigenvalue weighted by Crippen LogP contribution is -2.43. The van der Waals surface area contributed by atoms with Gasteiger partial charge in [0.05, 0.1) is 24.4 Å². The second kappa shape index (κ2) is 11.3. The van der Waals surface area contributed by atoms with Gasteiger partial charge in [-0.3, -0.25) is 9.59 Å². The number of methoxy groups -OCH3 is 1. The number of hydrogen-bond acceptors (Lipinski definition) is 7. The van der Waals surface area contributed by atoms with Gasteiger partial charge in [-0.25, -0.2) is 18.4 Å². The zero-order chi connectivity index (χ0) is 34.0. The van der Waals surface area contributed by atoms with Gasteiger partial charge in [0.2, 0.25) is 11.7 Å². The van der Waals surface area contributed by atoms with Crippen LogP contribution in [0.2, 0.25) is 5.02 Å². The Bertz CT molecular complexity index is 2120. The third kappa shape index (κ3) is 5.03. The summed E-state index contributed by atoms with van der Waals surface area (Å²) in [6, 6.07) is 17.4. The molecule has 2 aromatic heterocycles. The second-order valence-corrected chi connectivity index (χ2v) is 12.7. The van der Waals surface area contributed by atoms with Gasteiger partial charge in [0.25, 0.3) is 5.91 Å². The van der Waals surface area contributed by atoms with E-state index in [9.17, 15) is 19.1 Å². The number of pyridine rings is 1. The molecule has 3 aromatic carbocycles. The Kier molecular flexibility index (Phi) is 7.41. The molecule has 48 heavy (non-hydrogen) atoms. The maximum Gasteiger partial charge on any atom is 0.251 e. The first-order valence-corrected chi connectivity index (χ1v) is 15.5. The summed E-state index contributed by atoms with van der Waals surface area (Å²) in [6.07, 6.45) is 2.23. The van der Waals surface area contributed by atoms with Crippen molar-refractivity contribution in [2.45, 2.75) is 36.6 Å². The van der Waals surface area contributed by atoms with E-state index in [-0.39, 0.29) is 45.6 Å². The van der Waals surface area contributed by atoms with Crippen molar-refractivity contribution < 1.29 is 33.0 Å². The fourth-order valence-electron chi connectivity index (χ4n) is 5.96. The lowest BCUT2D eigenvalue weighted by atomic mass is 9.80. The molecule has 0 unspecified atom stereocenters. The normalized spacial score (nSPS) is 18.9. The summed E-state index contributed by atoms with van der Waals surface area (Å²) < 4.78 is 42.9. The van der Waals surface area contributed by atoms with Crippen molar-refractivity contribution in [3.8, 4) is 22.8 Å². The largest absolute Gasteiger partial charge is 0.494 e. The zero-order valence-electron chi connectivity index (χ0n) is 25.9. The van der Waals surface area contributed by atoms with Crippen molar-refractivity contribution in [1.82, 2.24) is 20.1 Å². The molecule has 2 amide bonds. The van der Waals surface area contributed by atoms with Gasteiger partial charge in [-0.1, -0.05) is 48.0 Å². The van der Waals surface area contributed by atoms with E-state index in [0.29, 0.717) is 34.9 Å². The lowest BCUT2D eigenvalue weighted by Gasteiger charge is -2.30. The molecule has 3 heterocycles. The summed E-state index contributed by atoms with van der Waals surface area (Å²) >= 11 is 6.13. The predicted octanol–water partition coefficient (Wildman–Crippen LogP) is 5.12. The number of alkyl halides is 1. The van der Waals surface area contributed by atoms with E-state index >= 15 is 4.39 Å². The molecule has 2 aliphatic rings. The number of carbonyl (C=O) groups is 2. The molecule has 2 atom stereocenters. The van der Waals surface area contributed by atoms with E-state index in [1.807, 2.05) is 0 Å². The van der Waals surface area contributed by atoms with Crippen molar-refractivity contribution in [3.63, 3.8) is 0 Å². The molecule has 0 spiro atoms. The highest BCUT2D eigenvalue weighted by molar-refractivity contribution is 6.31. The van der Waals surface area contributed by atoms with Crippen molar-refractivity contribution in [3.05, 3.63) is 106 Å². The molecular formula is C35H30ClF2N5O5. The van der Waals surface area contributed by atoms with Crippen LogP contribution in [-0.2, 0) is 21.6 Å². The van der Waals surface area contributed by atoms with Crippen LogP contribution in [0.5, 0.6) is 11.5 Å². The van der Waals surface area contributed by atoms with Gasteiger partial charge >= 0.3 is 0 Å². The topological polar surface area (TPSA) is 142 Å². The van der Waals surface area contributed by atoms with E-state index in [2.05, 4.69) is 10.4 Å². The summed E-state index contributed by atoms with van der Waals surface area (Å²) in [5.41, 5.74) is 3.67. The predicted molar refractivity (Wildman–Crippen MR) is 173 cm³/mol. The van der Waals surface area contributed by atoms with Gasteiger partial charge in [-0.15, -0.1) is 0 Å². The minimum absolute atomic E-state index is 0.00153. The average Bonchev–Trinajstić information content (AvgIpc) is 3.52. The SMILES string of the molecule is COc1cc(C(=O)NC[C@@](O)(c2ccccc2)c2cc3c(c(-c4cccc(Cl)c4F)n2)OC[C@]3(C)C(N)=O)cc2cn(C3(F)CC3)nc12. The molecule has 1 saturated carbocycles. The fourth-order valence-corrected chi connectivity index (χ4v) is 6.14. The number of ether oxygens (including phenoxy) is 2. The molecule has 0 radical (unpaired) electrons. The molecule has 0 saturated heterocycles. The maximum absolute atomic E-state index is 15.5. The monoisotopic (exact) mass is 673 g/mol. The highest BCUT2D eigenvalue weighted by Gasteiger charge is 2.47. The molecule has 1 aliphatic heterocycles. The first-order chi connectivity index (χ1) is 22.9. The minimum atomic E-state index is -2.01. The van der Waals surface area contributed by atoms with Crippen LogP contribution in [0.3, 0.4) is 0 Å². The molecule has 1 aliphatic carbocycles. The van der Waals surface area contributed by atoms with E-state index in [1.165, 1.54) is 42.3 Å². The van der Waals surface area contributed by atoms with E-state index in [0.717, 1.165) is 0 Å². The van der Waals surface area contributed by atoms with Gasteiger partial charge in [0, 0.05) is 41.1 Å². The highest BCUT2D eigenvalue weighted by Crippen LogP contribution is 2.48. The Morgan fingerprint density at radius 2 is 1.92 bits per heavy atom. The number of aliphatic hydroxyl groups is 1. The quantitative estimate of drug-likeness (QED) is 0.197. The van der Waals surface area contributed by atoms with Crippen LogP contribution in [0.1, 0.15) is 46.9 Å². The molecule has 246 valence electrons. The Morgan fingerprint density at radius 3 is 2.60 bits per heavy atom. The number of amides is 2. The molecule has 10 nitrogen and oxygen atoms in total. The zero-order valence-corrected chi connectivity index (χ0v) is 26.6. The Morgan fingerprint density at radius 1 is 1.17 bits per heavy atom. The van der Waals surface area contributed by atoms with Gasteiger partial charge < -0.3 is 25.6 Å². The molecule has 13 heteroatoms. The number of fused-ring (bicyclic) bond motifs is 2. The van der Waals surface area contributed by atoms with E-state index in [4.69, 9.17) is 31.8 Å². The van der Waals surface area contributed by atoms with Gasteiger partial charge in [0.15, 0.2) is 5.82 Å². The van der Waals surface area contributed by atoms with Crippen molar-refractivity contribution in [2.75, 3.05) is 20.3 Å². The summed E-state index contributed by atoms with van der Waals surface area (Å²) in [4.78, 5) is 31.1. The van der Waals surface area contributed by atoms with Crippen LogP contribution in [0.15, 0.2) is 72.9 Å². The summed E-state index contributed by atoms with van der Waals surface area (Å²) in [7, 11) is 1.43. The number of nitrogens with zero attached hydrogens (tertiary/aromatic N) is 3. The van der Waals surface area contributed by atoms with Crippen molar-refractivity contribution >= 4 is 34.3 Å². The van der Waals surface area contributed by atoms with Crippen LogP contribution in [-0.4, -0.2) is 51.9 Å². The average molecular weight is 674 g/mol. The smallest absolute Gasteiger partial charge is 0.251 e. The second-order valence-electron chi connectivity index (χ2n) is 12.3. The molecule has 5 aromatic rings. The number of primary amides is 1. The number of carbonyl (C=O) groups excluding carboxylic acids is 2. The van der Waals surface area contributed by atoms with Gasteiger partial charge in [0.1, 0.15) is 40.3 Å². The number of hydrogen-bond donors (Lipinski definition) is 3. The number of aromatic nitrogens is 3. The Labute approximate surface area is 278 Å². The van der Waals surface area contributed by atoms with Crippen LogP contribution < -0.4 is 20.5 Å². The number of halogens is 3. The van der Waals surface area contributed by atoms with Gasteiger partial charge in [-0.2, -0.15) is 5.10 Å². The third-order valence-corrected chi connectivity index (χ3v) is 9.42. The van der Waals surface area contributed by atoms with E-state index in [1.54, 1.807) is 49.4 Å². The van der Waals surface area contributed by atoms with Gasteiger partial charge in [-0.05, 0) is 42.8 Å². The number of benzene rings is 3. The number of nitrogens with two attached hydrogens (primary N) is 1. The summed E-state index contributed by atoms with van der Waals surface area (Å²) in [5, 5.41) is 20.0. The molecule has 4 N–H and O–H groups in total. The molecule has 7 rings (SSSR count). The summed E-state index contributed by atoms with van der Waals surface area (Å²) in [5.74, 6) is -3.19. The first-order valence-electron chi connectivity index (χ1n) is 15.1. The summed E-state index contributed by atoms with van der Waals surface area (Å²) in [6.45, 7) is 1.05. The Balaban J connectivity index is 1.32. The maximum atomic E-state index is 15.5. The molecule has 1 fully saturated rings. The molecule has 0 bridgehead atoms. The Hall–Kier alpha value is -5.07. The minimum Gasteiger partial charge on any atom is -0.494 e. The lowest BCUT2D eigenvalue weighted by molar-refractivity contribution is -0.123. The fraction of sp³-hybridized carbons (Fsp3) is 0.257. The van der Waals surface area contributed by atoms with Crippen LogP contribution >= 0.6 is 11.6 Å². The van der Waals surface area contributed by atoms with E-state index < -0.39 is 41.0 Å². The van der Waals surface area contributed by atoms with Crippen molar-refractivity contribution in [2.24, 2.45) is 5.73 Å². The highest BCUT2D eigenvalue weighted by atomic mass is 35.5. The van der Waals surface area contributed by atoms with Crippen LogP contribution in [0.4, 0.5) is 8.78 Å². The standard InChI is InChI=1S/C35H30ClF2N5O5/c1-33(32(39)45)18-48-30-23(33)15-26(41-29(30)22-9-6-10-24(36)27(22)37)35(46,21-7-4-3-5-8-21)17-40-31(44)19-13-20-16-43(34(38)11-12-34)42-28(20)25(14-19)47-2/h3-10,13-16,46H,11-12,17-18H2,1-2H3,(H2,39,45)(H,40,44)/t33-,35+/m0/s1.